The highest BCUT2D eigenvalue weighted by Gasteiger charge is 2.30. The number of nitrogens with one attached hydrogen (secondary N) is 1. The lowest BCUT2D eigenvalue weighted by molar-refractivity contribution is 0.441. The SMILES string of the molecule is CNC(CC1CCS(=O)(=O)C1)c1ccc(Cl)s1. The van der Waals surface area contributed by atoms with Crippen molar-refractivity contribution in [2.24, 2.45) is 5.92 Å². The fourth-order valence-electron chi connectivity index (χ4n) is 2.28. The van der Waals surface area contributed by atoms with E-state index >= 15 is 0 Å². The minimum absolute atomic E-state index is 0.214. The molecule has 2 heterocycles. The average Bonchev–Trinajstić information content (AvgIpc) is 2.81. The zero-order chi connectivity index (χ0) is 12.5. The number of hydrogen-bond acceptors (Lipinski definition) is 4. The van der Waals surface area contributed by atoms with E-state index in [0.29, 0.717) is 11.5 Å². The van der Waals surface area contributed by atoms with Crippen molar-refractivity contribution >= 4 is 32.8 Å². The first-order valence-electron chi connectivity index (χ1n) is 5.63. The third-order valence-corrected chi connectivity index (χ3v) is 6.36. The minimum atomic E-state index is -2.78. The largest absolute Gasteiger partial charge is 0.312 e. The molecule has 0 amide bonds. The van der Waals surface area contributed by atoms with Crippen LogP contribution >= 0.6 is 22.9 Å². The molecule has 96 valence electrons. The minimum Gasteiger partial charge on any atom is -0.312 e. The van der Waals surface area contributed by atoms with Crippen LogP contribution < -0.4 is 5.32 Å². The van der Waals surface area contributed by atoms with Gasteiger partial charge in [-0.05, 0) is 37.9 Å². The summed E-state index contributed by atoms with van der Waals surface area (Å²) in [5.74, 6) is 0.960. The monoisotopic (exact) mass is 293 g/mol. The quantitative estimate of drug-likeness (QED) is 0.928. The third-order valence-electron chi connectivity index (χ3n) is 3.18. The Balaban J connectivity index is 2.01. The highest BCUT2D eigenvalue weighted by Crippen LogP contribution is 2.33. The second kappa shape index (κ2) is 5.26. The summed E-state index contributed by atoms with van der Waals surface area (Å²) in [5.41, 5.74) is 0. The lowest BCUT2D eigenvalue weighted by atomic mass is 9.98. The zero-order valence-electron chi connectivity index (χ0n) is 9.65. The van der Waals surface area contributed by atoms with Gasteiger partial charge in [-0.15, -0.1) is 11.3 Å². The van der Waals surface area contributed by atoms with E-state index in [0.717, 1.165) is 17.2 Å². The Labute approximate surface area is 111 Å². The Hall–Kier alpha value is -0.100. The molecule has 2 atom stereocenters. The fraction of sp³-hybridized carbons (Fsp3) is 0.636. The molecular weight excluding hydrogens is 278 g/mol. The van der Waals surface area contributed by atoms with Crippen molar-refractivity contribution in [3.63, 3.8) is 0 Å². The molecule has 3 nitrogen and oxygen atoms in total. The van der Waals surface area contributed by atoms with Crippen molar-refractivity contribution in [1.29, 1.82) is 0 Å². The summed E-state index contributed by atoms with van der Waals surface area (Å²) in [6.45, 7) is 0. The van der Waals surface area contributed by atoms with Gasteiger partial charge in [-0.3, -0.25) is 0 Å². The number of thiophene rings is 1. The predicted molar refractivity (Wildman–Crippen MR) is 72.5 cm³/mol. The van der Waals surface area contributed by atoms with Gasteiger partial charge in [0.1, 0.15) is 0 Å². The van der Waals surface area contributed by atoms with E-state index < -0.39 is 9.84 Å². The van der Waals surface area contributed by atoms with Crippen molar-refractivity contribution in [2.45, 2.75) is 18.9 Å². The Morgan fingerprint density at radius 2 is 2.35 bits per heavy atom. The maximum Gasteiger partial charge on any atom is 0.150 e. The Morgan fingerprint density at radius 1 is 1.59 bits per heavy atom. The molecule has 0 bridgehead atoms. The van der Waals surface area contributed by atoms with Crippen LogP contribution in [0.4, 0.5) is 0 Å². The van der Waals surface area contributed by atoms with Crippen molar-refractivity contribution in [3.05, 3.63) is 21.3 Å². The predicted octanol–water partition coefficient (Wildman–Crippen LogP) is 2.49. The van der Waals surface area contributed by atoms with Crippen LogP contribution in [0.1, 0.15) is 23.8 Å². The smallest absolute Gasteiger partial charge is 0.150 e. The number of rotatable bonds is 4. The number of halogens is 1. The van der Waals surface area contributed by atoms with Crippen molar-refractivity contribution in [1.82, 2.24) is 5.32 Å². The maximum atomic E-state index is 11.4. The summed E-state index contributed by atoms with van der Waals surface area (Å²) in [5, 5.41) is 3.24. The molecule has 0 spiro atoms. The van der Waals surface area contributed by atoms with E-state index in [2.05, 4.69) is 5.32 Å². The molecule has 1 aliphatic heterocycles. The van der Waals surface area contributed by atoms with Gasteiger partial charge >= 0.3 is 0 Å². The van der Waals surface area contributed by atoms with Gasteiger partial charge in [0.25, 0.3) is 0 Å². The van der Waals surface area contributed by atoms with Gasteiger partial charge in [0.15, 0.2) is 9.84 Å². The summed E-state index contributed by atoms with van der Waals surface area (Å²) in [6.07, 6.45) is 1.66. The van der Waals surface area contributed by atoms with Crippen LogP contribution in [-0.4, -0.2) is 27.0 Å². The van der Waals surface area contributed by atoms with E-state index in [4.69, 9.17) is 11.6 Å². The van der Waals surface area contributed by atoms with Gasteiger partial charge < -0.3 is 5.32 Å². The molecule has 1 saturated heterocycles. The zero-order valence-corrected chi connectivity index (χ0v) is 12.0. The van der Waals surface area contributed by atoms with E-state index in [1.165, 1.54) is 4.88 Å². The highest BCUT2D eigenvalue weighted by atomic mass is 35.5. The van der Waals surface area contributed by atoms with Crippen LogP contribution in [0.25, 0.3) is 0 Å². The van der Waals surface area contributed by atoms with Gasteiger partial charge in [-0.25, -0.2) is 8.42 Å². The van der Waals surface area contributed by atoms with Crippen LogP contribution in [0.5, 0.6) is 0 Å². The van der Waals surface area contributed by atoms with Gasteiger partial charge in [0, 0.05) is 10.9 Å². The highest BCUT2D eigenvalue weighted by molar-refractivity contribution is 7.91. The molecule has 1 fully saturated rings. The molecular formula is C11H16ClNO2S2. The summed E-state index contributed by atoms with van der Waals surface area (Å²) >= 11 is 7.48. The molecule has 17 heavy (non-hydrogen) atoms. The summed E-state index contributed by atoms with van der Waals surface area (Å²) < 4.78 is 23.6. The summed E-state index contributed by atoms with van der Waals surface area (Å²) in [7, 11) is -0.872. The number of sulfone groups is 1. The molecule has 0 radical (unpaired) electrons. The van der Waals surface area contributed by atoms with Crippen LogP contribution in [0.2, 0.25) is 4.34 Å². The first-order valence-corrected chi connectivity index (χ1v) is 8.64. The molecule has 6 heteroatoms. The Morgan fingerprint density at radius 3 is 2.82 bits per heavy atom. The summed E-state index contributed by atoms with van der Waals surface area (Å²) in [4.78, 5) is 1.18. The first-order chi connectivity index (χ1) is 8.00. The topological polar surface area (TPSA) is 46.2 Å². The molecule has 0 saturated carbocycles. The van der Waals surface area contributed by atoms with Crippen LogP contribution in [0, 0.1) is 5.92 Å². The first kappa shape index (κ1) is 13.3. The molecule has 2 unspecified atom stereocenters. The van der Waals surface area contributed by atoms with Gasteiger partial charge in [-0.2, -0.15) is 0 Å². The van der Waals surface area contributed by atoms with E-state index in [1.807, 2.05) is 19.2 Å². The normalized spacial score (nSPS) is 24.9. The molecule has 1 aromatic rings. The molecule has 0 aromatic carbocycles. The van der Waals surface area contributed by atoms with Gasteiger partial charge in [0.2, 0.25) is 0 Å². The van der Waals surface area contributed by atoms with Crippen LogP contribution in [0.3, 0.4) is 0 Å². The van der Waals surface area contributed by atoms with Gasteiger partial charge in [-0.1, -0.05) is 11.6 Å². The third kappa shape index (κ3) is 3.44. The van der Waals surface area contributed by atoms with Crippen LogP contribution in [0.15, 0.2) is 12.1 Å². The van der Waals surface area contributed by atoms with Gasteiger partial charge in [0.05, 0.1) is 15.8 Å². The molecule has 2 rings (SSSR count). The molecule has 1 N–H and O–H groups in total. The van der Waals surface area contributed by atoms with Crippen molar-refractivity contribution in [2.75, 3.05) is 18.6 Å². The molecule has 1 aromatic heterocycles. The maximum absolute atomic E-state index is 11.4. The Kier molecular flexibility index (Phi) is 4.13. The van der Waals surface area contributed by atoms with E-state index in [1.54, 1.807) is 11.3 Å². The molecule has 1 aliphatic rings. The Bertz CT molecular complexity index is 483. The number of hydrogen-bond donors (Lipinski definition) is 1. The van der Waals surface area contributed by atoms with Crippen molar-refractivity contribution in [3.8, 4) is 0 Å². The lowest BCUT2D eigenvalue weighted by Crippen LogP contribution is -2.19. The van der Waals surface area contributed by atoms with Crippen LogP contribution in [-0.2, 0) is 9.84 Å². The van der Waals surface area contributed by atoms with E-state index in [9.17, 15) is 8.42 Å². The summed E-state index contributed by atoms with van der Waals surface area (Å²) in [6, 6.07) is 4.11. The van der Waals surface area contributed by atoms with E-state index in [-0.39, 0.29) is 12.0 Å². The second-order valence-electron chi connectivity index (χ2n) is 4.49. The molecule has 0 aliphatic carbocycles. The lowest BCUT2D eigenvalue weighted by Gasteiger charge is -2.17. The van der Waals surface area contributed by atoms with Crippen molar-refractivity contribution < 1.29 is 8.42 Å². The fourth-order valence-corrected chi connectivity index (χ4v) is 5.35. The average molecular weight is 294 g/mol. The second-order valence-corrected chi connectivity index (χ2v) is 8.46. The standard InChI is InChI=1S/C11H16ClNO2S2/c1-13-9(10-2-3-11(12)16-10)6-8-4-5-17(14,15)7-8/h2-3,8-9,13H,4-7H2,1H3.